The number of esters is 2. The first-order chi connectivity index (χ1) is 17.3. The van der Waals surface area contributed by atoms with E-state index in [1.165, 1.54) is 12.7 Å². The van der Waals surface area contributed by atoms with E-state index in [0.29, 0.717) is 29.7 Å². The van der Waals surface area contributed by atoms with E-state index in [0.717, 1.165) is 24.3 Å². The molecule has 0 aliphatic rings. The van der Waals surface area contributed by atoms with Crippen molar-refractivity contribution in [3.8, 4) is 5.75 Å². The zero-order valence-corrected chi connectivity index (χ0v) is 22.0. The topological polar surface area (TPSA) is 106 Å². The van der Waals surface area contributed by atoms with Crippen LogP contribution in [0, 0.1) is 6.92 Å². The van der Waals surface area contributed by atoms with Crippen LogP contribution >= 0.6 is 0 Å². The van der Waals surface area contributed by atoms with E-state index < -0.39 is 17.4 Å². The average molecular weight is 502 g/mol. The molecule has 0 radical (unpaired) electrons. The predicted molar refractivity (Wildman–Crippen MR) is 137 cm³/mol. The molecule has 0 amide bonds. The van der Waals surface area contributed by atoms with E-state index in [1.54, 1.807) is 32.2 Å². The third-order valence-electron chi connectivity index (χ3n) is 6.54. The van der Waals surface area contributed by atoms with Crippen molar-refractivity contribution in [3.63, 3.8) is 0 Å². The summed E-state index contributed by atoms with van der Waals surface area (Å²) in [5.41, 5.74) is 1.93. The first-order valence-corrected chi connectivity index (χ1v) is 12.2. The molecule has 2 aromatic carbocycles. The molecule has 0 heterocycles. The van der Waals surface area contributed by atoms with Gasteiger partial charge in [-0.1, -0.05) is 30.3 Å². The lowest BCUT2D eigenvalue weighted by Gasteiger charge is -2.30. The van der Waals surface area contributed by atoms with Gasteiger partial charge in [-0.3, -0.25) is 9.59 Å². The number of carbonyl (C=O) groups is 2. The number of benzene rings is 2. The molecule has 0 saturated carbocycles. The fourth-order valence-corrected chi connectivity index (χ4v) is 4.35. The summed E-state index contributed by atoms with van der Waals surface area (Å²) in [6.07, 6.45) is 1.53. The van der Waals surface area contributed by atoms with Crippen LogP contribution < -0.4 is 4.74 Å². The van der Waals surface area contributed by atoms with Crippen LogP contribution in [0.25, 0.3) is 0 Å². The molecular formula is C28H39NO7. The van der Waals surface area contributed by atoms with Gasteiger partial charge in [0, 0.05) is 6.54 Å². The fourth-order valence-electron chi connectivity index (χ4n) is 4.35. The van der Waals surface area contributed by atoms with Crippen LogP contribution in [0.2, 0.25) is 0 Å². The molecule has 0 saturated heterocycles. The predicted octanol–water partition coefficient (Wildman–Crippen LogP) is 2.92. The lowest BCUT2D eigenvalue weighted by molar-refractivity contribution is -0.164. The zero-order chi connectivity index (χ0) is 26.7. The number of carbonyl (C=O) groups excluding carboxylic acids is 2. The van der Waals surface area contributed by atoms with Gasteiger partial charge in [-0.25, -0.2) is 0 Å². The van der Waals surface area contributed by atoms with Gasteiger partial charge in [0.2, 0.25) is 0 Å². The van der Waals surface area contributed by atoms with E-state index in [9.17, 15) is 19.8 Å². The number of aliphatic hydroxyl groups excluding tert-OH is 2. The van der Waals surface area contributed by atoms with Gasteiger partial charge in [-0.05, 0) is 80.6 Å². The second kappa shape index (κ2) is 14.0. The van der Waals surface area contributed by atoms with Gasteiger partial charge in [0.25, 0.3) is 0 Å². The summed E-state index contributed by atoms with van der Waals surface area (Å²) >= 11 is 0. The second-order valence-corrected chi connectivity index (χ2v) is 8.88. The number of aliphatic hydroxyl groups is 2. The van der Waals surface area contributed by atoms with Gasteiger partial charge in [0.15, 0.2) is 5.41 Å². The van der Waals surface area contributed by atoms with Crippen molar-refractivity contribution in [2.45, 2.75) is 51.7 Å². The molecular weight excluding hydrogens is 462 g/mol. The molecule has 0 aliphatic carbocycles. The van der Waals surface area contributed by atoms with Gasteiger partial charge < -0.3 is 29.3 Å². The normalized spacial score (nSPS) is 12.8. The van der Waals surface area contributed by atoms with Crippen LogP contribution in [0.4, 0.5) is 0 Å². The van der Waals surface area contributed by atoms with Crippen LogP contribution in [0.15, 0.2) is 36.4 Å². The number of hydrogen-bond acceptors (Lipinski definition) is 8. The molecule has 0 fully saturated rings. The zero-order valence-electron chi connectivity index (χ0n) is 22.0. The molecule has 1 atom stereocenters. The van der Waals surface area contributed by atoms with E-state index >= 15 is 0 Å². The van der Waals surface area contributed by atoms with Gasteiger partial charge in [-0.2, -0.15) is 0 Å². The van der Waals surface area contributed by atoms with Crippen molar-refractivity contribution < 1.29 is 34.0 Å². The maximum absolute atomic E-state index is 13.2. The number of methoxy groups -OCH3 is 2. The minimum atomic E-state index is -1.67. The van der Waals surface area contributed by atoms with Crippen molar-refractivity contribution in [3.05, 3.63) is 64.2 Å². The second-order valence-electron chi connectivity index (χ2n) is 8.88. The summed E-state index contributed by atoms with van der Waals surface area (Å²) in [5.74, 6) is -0.537. The number of aryl methyl sites for hydroxylation is 1. The van der Waals surface area contributed by atoms with Gasteiger partial charge in [-0.15, -0.1) is 0 Å². The first-order valence-electron chi connectivity index (χ1n) is 12.2. The Kier molecular flexibility index (Phi) is 11.4. The van der Waals surface area contributed by atoms with Gasteiger partial charge in [0.1, 0.15) is 5.75 Å². The summed E-state index contributed by atoms with van der Waals surface area (Å²) in [4.78, 5) is 28.5. The molecule has 0 aromatic heterocycles. The molecule has 8 heteroatoms. The molecule has 8 nitrogen and oxygen atoms in total. The summed E-state index contributed by atoms with van der Waals surface area (Å²) in [7, 11) is 4.90. The molecule has 36 heavy (non-hydrogen) atoms. The SMILES string of the molecule is CCOC(=O)C(CCCN(C)CCc1ccc(C)c(OC)c1)(C(=O)OC)c1ccc(CO)c(CO)c1. The minimum absolute atomic E-state index is 0.110. The Morgan fingerprint density at radius 3 is 2.31 bits per heavy atom. The molecule has 2 rings (SSSR count). The van der Waals surface area contributed by atoms with E-state index in [2.05, 4.69) is 11.0 Å². The summed E-state index contributed by atoms with van der Waals surface area (Å²) in [6, 6.07) is 11.0. The van der Waals surface area contributed by atoms with Crippen LogP contribution in [-0.4, -0.2) is 68.0 Å². The lowest BCUT2D eigenvalue weighted by atomic mass is 9.75. The Labute approximate surface area is 213 Å². The van der Waals surface area contributed by atoms with Crippen LogP contribution in [0.5, 0.6) is 5.75 Å². The van der Waals surface area contributed by atoms with Crippen molar-refractivity contribution >= 4 is 11.9 Å². The van der Waals surface area contributed by atoms with Crippen LogP contribution in [-0.2, 0) is 44.1 Å². The van der Waals surface area contributed by atoms with Gasteiger partial charge >= 0.3 is 11.9 Å². The average Bonchev–Trinajstić information content (AvgIpc) is 2.89. The third-order valence-corrected chi connectivity index (χ3v) is 6.54. The maximum atomic E-state index is 13.2. The Balaban J connectivity index is 2.22. The molecule has 0 spiro atoms. The summed E-state index contributed by atoms with van der Waals surface area (Å²) in [6.45, 7) is 4.63. The largest absolute Gasteiger partial charge is 0.496 e. The summed E-state index contributed by atoms with van der Waals surface area (Å²) in [5, 5.41) is 19.3. The standard InChI is InChI=1S/C28H39NO7/c1-6-36-27(33)28(26(32)35-5,24-11-10-22(18-30)23(17-24)19-31)13-7-14-29(3)15-12-21-9-8-20(2)25(16-21)34-4/h8-11,16-17,30-31H,6-7,12-15,18-19H2,1-5H3. The Bertz CT molecular complexity index is 1020. The molecule has 2 N–H and O–H groups in total. The van der Waals surface area contributed by atoms with Crippen molar-refractivity contribution in [2.24, 2.45) is 0 Å². The van der Waals surface area contributed by atoms with Crippen molar-refractivity contribution in [1.82, 2.24) is 4.90 Å². The van der Waals surface area contributed by atoms with E-state index in [-0.39, 0.29) is 26.2 Å². The lowest BCUT2D eigenvalue weighted by Crippen LogP contribution is -2.46. The fraction of sp³-hybridized carbons (Fsp3) is 0.500. The molecule has 0 bridgehead atoms. The minimum Gasteiger partial charge on any atom is -0.496 e. The summed E-state index contributed by atoms with van der Waals surface area (Å²) < 4.78 is 15.8. The quantitative estimate of drug-likeness (QED) is 0.301. The number of likely N-dealkylation sites (N-methyl/N-ethyl adjacent to an activating group) is 1. The number of nitrogens with zero attached hydrogens (tertiary/aromatic N) is 1. The van der Waals surface area contributed by atoms with Crippen LogP contribution in [0.3, 0.4) is 0 Å². The van der Waals surface area contributed by atoms with Crippen LogP contribution in [0.1, 0.15) is 47.6 Å². The number of hydrogen-bond donors (Lipinski definition) is 2. The smallest absolute Gasteiger partial charge is 0.328 e. The number of ether oxygens (including phenoxy) is 3. The molecule has 2 aromatic rings. The van der Waals surface area contributed by atoms with Crippen molar-refractivity contribution in [2.75, 3.05) is 41.0 Å². The maximum Gasteiger partial charge on any atom is 0.328 e. The third kappa shape index (κ3) is 6.84. The highest BCUT2D eigenvalue weighted by molar-refractivity contribution is 6.06. The highest BCUT2D eigenvalue weighted by Crippen LogP contribution is 2.34. The molecule has 198 valence electrons. The highest BCUT2D eigenvalue weighted by Gasteiger charge is 2.50. The Hall–Kier alpha value is -2.94. The highest BCUT2D eigenvalue weighted by atomic mass is 16.6. The first kappa shape index (κ1) is 29.3. The Morgan fingerprint density at radius 1 is 0.972 bits per heavy atom. The van der Waals surface area contributed by atoms with E-state index in [4.69, 9.17) is 14.2 Å². The van der Waals surface area contributed by atoms with E-state index in [1.807, 2.05) is 26.1 Å². The van der Waals surface area contributed by atoms with Crippen molar-refractivity contribution in [1.29, 1.82) is 0 Å². The Morgan fingerprint density at radius 2 is 1.69 bits per heavy atom. The number of rotatable bonds is 14. The molecule has 1 unspecified atom stereocenters. The molecule has 0 aliphatic heterocycles. The monoisotopic (exact) mass is 501 g/mol. The van der Waals surface area contributed by atoms with Gasteiger partial charge in [0.05, 0.1) is 34.0 Å².